The number of benzene rings is 2. The lowest BCUT2D eigenvalue weighted by Crippen LogP contribution is -2.35. The first-order valence-electron chi connectivity index (χ1n) is 9.89. The Balaban J connectivity index is 1.55. The van der Waals surface area contributed by atoms with Crippen molar-refractivity contribution >= 4 is 28.8 Å². The highest BCUT2D eigenvalue weighted by Crippen LogP contribution is 2.43. The molecule has 1 aromatic heterocycles. The van der Waals surface area contributed by atoms with Crippen molar-refractivity contribution in [3.05, 3.63) is 82.0 Å². The molecular formula is C24H24N2O3S. The molecular weight excluding hydrogens is 396 g/mol. The van der Waals surface area contributed by atoms with Crippen LogP contribution in [-0.4, -0.2) is 18.9 Å². The molecule has 2 heterocycles. The molecule has 4 rings (SSSR count). The number of aryl methyl sites for hydroxylation is 1. The molecule has 1 aliphatic rings. The number of thiophene rings is 1. The Bertz CT molecular complexity index is 1010. The lowest BCUT2D eigenvalue weighted by molar-refractivity contribution is -0.126. The van der Waals surface area contributed by atoms with Crippen molar-refractivity contribution in [3.8, 4) is 5.75 Å². The van der Waals surface area contributed by atoms with Gasteiger partial charge in [-0.3, -0.25) is 9.59 Å². The van der Waals surface area contributed by atoms with Crippen LogP contribution in [0.4, 0.5) is 5.69 Å². The van der Waals surface area contributed by atoms with Crippen molar-refractivity contribution < 1.29 is 14.3 Å². The Morgan fingerprint density at radius 1 is 1.13 bits per heavy atom. The van der Waals surface area contributed by atoms with Crippen molar-refractivity contribution in [2.24, 2.45) is 5.92 Å². The third kappa shape index (κ3) is 4.09. The molecule has 30 heavy (non-hydrogen) atoms. The fraction of sp³-hybridized carbons (Fsp3) is 0.250. The maximum absolute atomic E-state index is 13.1. The lowest BCUT2D eigenvalue weighted by Gasteiger charge is -2.27. The fourth-order valence-corrected chi connectivity index (χ4v) is 4.71. The number of anilines is 1. The van der Waals surface area contributed by atoms with E-state index in [1.54, 1.807) is 23.3 Å². The van der Waals surface area contributed by atoms with Crippen LogP contribution in [0.15, 0.2) is 66.0 Å². The van der Waals surface area contributed by atoms with E-state index in [2.05, 4.69) is 5.32 Å². The summed E-state index contributed by atoms with van der Waals surface area (Å²) in [4.78, 5) is 28.9. The topological polar surface area (TPSA) is 58.6 Å². The molecule has 2 atom stereocenters. The Hall–Kier alpha value is -3.12. The van der Waals surface area contributed by atoms with Crippen LogP contribution in [-0.2, 0) is 16.1 Å². The predicted octanol–water partition coefficient (Wildman–Crippen LogP) is 4.48. The molecule has 0 saturated carbocycles. The van der Waals surface area contributed by atoms with Crippen LogP contribution in [0.2, 0.25) is 0 Å². The molecule has 5 nitrogen and oxygen atoms in total. The SMILES string of the molecule is COc1ccc(CNC(=O)[C@H]2CC(=O)N(c3ccc(C)cc3)[C@H]2c2cccs2)cc1. The monoisotopic (exact) mass is 420 g/mol. The van der Waals surface area contributed by atoms with Crippen molar-refractivity contribution in [1.29, 1.82) is 0 Å². The number of nitrogens with zero attached hydrogens (tertiary/aromatic N) is 1. The van der Waals surface area contributed by atoms with Gasteiger partial charge in [-0.1, -0.05) is 35.9 Å². The van der Waals surface area contributed by atoms with Gasteiger partial charge in [0.1, 0.15) is 5.75 Å². The van der Waals surface area contributed by atoms with E-state index in [1.807, 2.05) is 73.0 Å². The summed E-state index contributed by atoms with van der Waals surface area (Å²) < 4.78 is 5.18. The molecule has 1 fully saturated rings. The molecule has 1 aliphatic heterocycles. The van der Waals surface area contributed by atoms with E-state index in [0.717, 1.165) is 27.4 Å². The van der Waals surface area contributed by atoms with E-state index in [9.17, 15) is 9.59 Å². The van der Waals surface area contributed by atoms with Gasteiger partial charge in [0, 0.05) is 23.5 Å². The predicted molar refractivity (Wildman–Crippen MR) is 119 cm³/mol. The molecule has 0 bridgehead atoms. The molecule has 2 amide bonds. The molecule has 3 aromatic rings. The first-order valence-corrected chi connectivity index (χ1v) is 10.8. The molecule has 2 aromatic carbocycles. The number of hydrogen-bond donors (Lipinski definition) is 1. The highest BCUT2D eigenvalue weighted by atomic mass is 32.1. The van der Waals surface area contributed by atoms with Gasteiger partial charge >= 0.3 is 0 Å². The molecule has 0 radical (unpaired) electrons. The van der Waals surface area contributed by atoms with Gasteiger partial charge in [0.25, 0.3) is 0 Å². The van der Waals surface area contributed by atoms with Crippen LogP contribution in [0.5, 0.6) is 5.75 Å². The number of hydrogen-bond acceptors (Lipinski definition) is 4. The minimum Gasteiger partial charge on any atom is -0.497 e. The van der Waals surface area contributed by atoms with Gasteiger partial charge < -0.3 is 15.0 Å². The standard InChI is InChI=1S/C24H24N2O3S/c1-16-5-9-18(10-6-16)26-22(27)14-20(23(26)21-4-3-13-30-21)24(28)25-15-17-7-11-19(29-2)12-8-17/h3-13,20,23H,14-15H2,1-2H3,(H,25,28)/t20-,23+/m0/s1. The second-order valence-corrected chi connectivity index (χ2v) is 8.42. The number of ether oxygens (including phenoxy) is 1. The van der Waals surface area contributed by atoms with Gasteiger partial charge in [-0.15, -0.1) is 11.3 Å². The summed E-state index contributed by atoms with van der Waals surface area (Å²) in [6.45, 7) is 2.43. The summed E-state index contributed by atoms with van der Waals surface area (Å²) in [6.07, 6.45) is 0.199. The van der Waals surface area contributed by atoms with Crippen LogP contribution in [0.3, 0.4) is 0 Å². The number of carbonyl (C=O) groups is 2. The fourth-order valence-electron chi connectivity index (χ4n) is 3.83. The highest BCUT2D eigenvalue weighted by Gasteiger charge is 2.45. The molecule has 154 valence electrons. The number of amides is 2. The van der Waals surface area contributed by atoms with Crippen LogP contribution < -0.4 is 15.0 Å². The minimum atomic E-state index is -0.435. The molecule has 1 saturated heterocycles. The number of carbonyl (C=O) groups excluding carboxylic acids is 2. The van der Waals surface area contributed by atoms with Gasteiger partial charge in [-0.25, -0.2) is 0 Å². The average Bonchev–Trinajstić information content (AvgIpc) is 3.41. The van der Waals surface area contributed by atoms with Crippen molar-refractivity contribution in [3.63, 3.8) is 0 Å². The summed E-state index contributed by atoms with van der Waals surface area (Å²) in [7, 11) is 1.62. The first kappa shape index (κ1) is 20.2. The van der Waals surface area contributed by atoms with Crippen LogP contribution in [0.1, 0.15) is 28.5 Å². The second kappa shape index (κ2) is 8.71. The van der Waals surface area contributed by atoms with Gasteiger partial charge in [0.05, 0.1) is 19.1 Å². The van der Waals surface area contributed by atoms with Crippen molar-refractivity contribution in [1.82, 2.24) is 5.32 Å². The number of nitrogens with one attached hydrogen (secondary N) is 1. The summed E-state index contributed by atoms with van der Waals surface area (Å²) in [5, 5.41) is 5.00. The zero-order valence-electron chi connectivity index (χ0n) is 17.0. The Labute approximate surface area is 180 Å². The normalized spacial score (nSPS) is 18.5. The van der Waals surface area contributed by atoms with Gasteiger partial charge in [0.2, 0.25) is 11.8 Å². The van der Waals surface area contributed by atoms with Crippen LogP contribution in [0, 0.1) is 12.8 Å². The molecule has 6 heteroatoms. The van der Waals surface area contributed by atoms with Crippen LogP contribution >= 0.6 is 11.3 Å². The maximum Gasteiger partial charge on any atom is 0.228 e. The van der Waals surface area contributed by atoms with Gasteiger partial charge in [-0.05, 0) is 48.2 Å². The minimum absolute atomic E-state index is 0.0261. The average molecular weight is 421 g/mol. The summed E-state index contributed by atoms with van der Waals surface area (Å²) in [5.41, 5.74) is 2.94. The van der Waals surface area contributed by atoms with E-state index in [-0.39, 0.29) is 24.3 Å². The summed E-state index contributed by atoms with van der Waals surface area (Å²) in [6, 6.07) is 19.1. The van der Waals surface area contributed by atoms with Crippen LogP contribution in [0.25, 0.3) is 0 Å². The van der Waals surface area contributed by atoms with Crippen molar-refractivity contribution in [2.75, 3.05) is 12.0 Å². The van der Waals surface area contributed by atoms with E-state index >= 15 is 0 Å². The molecule has 0 spiro atoms. The first-order chi connectivity index (χ1) is 14.6. The summed E-state index contributed by atoms with van der Waals surface area (Å²) >= 11 is 1.58. The number of rotatable bonds is 6. The lowest BCUT2D eigenvalue weighted by atomic mass is 9.97. The van der Waals surface area contributed by atoms with E-state index in [0.29, 0.717) is 6.54 Å². The smallest absolute Gasteiger partial charge is 0.228 e. The third-order valence-electron chi connectivity index (χ3n) is 5.43. The van der Waals surface area contributed by atoms with E-state index in [1.165, 1.54) is 0 Å². The number of methoxy groups -OCH3 is 1. The largest absolute Gasteiger partial charge is 0.497 e. The quantitative estimate of drug-likeness (QED) is 0.640. The summed E-state index contributed by atoms with van der Waals surface area (Å²) in [5.74, 6) is 0.211. The zero-order chi connectivity index (χ0) is 21.1. The Morgan fingerprint density at radius 3 is 2.50 bits per heavy atom. The molecule has 0 unspecified atom stereocenters. The van der Waals surface area contributed by atoms with E-state index < -0.39 is 5.92 Å². The Kier molecular flexibility index (Phi) is 5.86. The van der Waals surface area contributed by atoms with Gasteiger partial charge in [-0.2, -0.15) is 0 Å². The third-order valence-corrected chi connectivity index (χ3v) is 6.37. The highest BCUT2D eigenvalue weighted by molar-refractivity contribution is 7.10. The maximum atomic E-state index is 13.1. The van der Waals surface area contributed by atoms with Crippen molar-refractivity contribution in [2.45, 2.75) is 25.9 Å². The second-order valence-electron chi connectivity index (χ2n) is 7.44. The van der Waals surface area contributed by atoms with Gasteiger partial charge in [0.15, 0.2) is 0 Å². The zero-order valence-corrected chi connectivity index (χ0v) is 17.8. The Morgan fingerprint density at radius 2 is 1.87 bits per heavy atom. The molecule has 1 N–H and O–H groups in total. The molecule has 0 aliphatic carbocycles. The van der Waals surface area contributed by atoms with E-state index in [4.69, 9.17) is 4.74 Å².